The number of anilines is 1. The summed E-state index contributed by atoms with van der Waals surface area (Å²) in [7, 11) is 0. The van der Waals surface area contributed by atoms with Crippen molar-refractivity contribution >= 4 is 17.7 Å². The Balaban J connectivity index is 1.40. The number of amides is 1. The number of nitrogens with zero attached hydrogens (tertiary/aromatic N) is 5. The van der Waals surface area contributed by atoms with Gasteiger partial charge in [-0.25, -0.2) is 15.0 Å². The molecule has 1 saturated heterocycles. The van der Waals surface area contributed by atoms with Gasteiger partial charge in [-0.1, -0.05) is 24.3 Å². The first-order chi connectivity index (χ1) is 15.4. The zero-order valence-electron chi connectivity index (χ0n) is 17.8. The molecule has 0 radical (unpaired) electrons. The number of rotatable bonds is 6. The Morgan fingerprint density at radius 3 is 2.41 bits per heavy atom. The van der Waals surface area contributed by atoms with Gasteiger partial charge >= 0.3 is 0 Å². The lowest BCUT2D eigenvalue weighted by molar-refractivity contribution is -0.0233. The molecule has 1 saturated carbocycles. The lowest BCUT2D eigenvalue weighted by Gasteiger charge is -2.30. The van der Waals surface area contributed by atoms with Crippen LogP contribution in [0.4, 0.5) is 5.95 Å². The van der Waals surface area contributed by atoms with Crippen LogP contribution in [0.25, 0.3) is 11.1 Å². The molecule has 1 aliphatic carbocycles. The summed E-state index contributed by atoms with van der Waals surface area (Å²) >= 11 is 0. The smallest absolute Gasteiger partial charge is 0.298 e. The van der Waals surface area contributed by atoms with Gasteiger partial charge in [0, 0.05) is 24.2 Å². The molecule has 2 fully saturated rings. The Morgan fingerprint density at radius 1 is 1.12 bits per heavy atom. The maximum Gasteiger partial charge on any atom is 0.298 e. The lowest BCUT2D eigenvalue weighted by Crippen LogP contribution is -2.41. The van der Waals surface area contributed by atoms with Crippen LogP contribution in [0.1, 0.15) is 41.9 Å². The fraction of sp³-hybridized carbons (Fsp3) is 0.348. The van der Waals surface area contributed by atoms with Crippen LogP contribution in [-0.4, -0.2) is 44.5 Å². The first-order valence-electron chi connectivity index (χ1n) is 10.6. The number of ether oxygens (including phenoxy) is 1. The molecule has 1 unspecified atom stereocenters. The number of aliphatic imine (C=N–C) groups is 1. The molecular weight excluding hydrogens is 406 g/mol. The summed E-state index contributed by atoms with van der Waals surface area (Å²) < 4.78 is 7.09. The highest BCUT2D eigenvalue weighted by Crippen LogP contribution is 2.47. The summed E-state index contributed by atoms with van der Waals surface area (Å²) in [5.41, 5.74) is 14.7. The van der Waals surface area contributed by atoms with Crippen LogP contribution in [0.3, 0.4) is 0 Å². The molecular formula is C23H25N7O2. The van der Waals surface area contributed by atoms with Crippen LogP contribution in [0, 0.1) is 5.92 Å². The van der Waals surface area contributed by atoms with Gasteiger partial charge in [-0.2, -0.15) is 4.99 Å². The van der Waals surface area contributed by atoms with E-state index in [1.165, 1.54) is 0 Å². The van der Waals surface area contributed by atoms with Crippen molar-refractivity contribution in [3.8, 4) is 11.1 Å². The third-order valence-electron chi connectivity index (χ3n) is 6.50. The number of nitrogen functional groups attached to an aromatic ring is 1. The minimum absolute atomic E-state index is 0.229. The van der Waals surface area contributed by atoms with Crippen LogP contribution in [0.2, 0.25) is 0 Å². The molecule has 32 heavy (non-hydrogen) atoms. The molecule has 1 aliphatic heterocycles. The molecule has 0 bridgehead atoms. The maximum atomic E-state index is 12.8. The number of nitrogens with two attached hydrogens (primary N) is 2. The molecule has 9 nitrogen and oxygen atoms in total. The molecule has 1 amide bonds. The summed E-state index contributed by atoms with van der Waals surface area (Å²) in [4.78, 5) is 29.4. The standard InChI is InChI=1S/C23H25N7O2/c1-23(17-6-7-17,16-4-2-14(3-5-16)15-8-26-22(25)27-9-15)21(24)29-20(31)19-10-30(13-28-19)18-11-32-12-18/h2-5,8-10,13,17-18H,6-7,11-12H2,1H3,(H2,24,29,31)(H2,25,26,27). The molecule has 2 aliphatic rings. The number of imidazole rings is 1. The van der Waals surface area contributed by atoms with Gasteiger partial charge in [0.15, 0.2) is 0 Å². The van der Waals surface area contributed by atoms with E-state index in [1.54, 1.807) is 24.9 Å². The topological polar surface area (TPSA) is 134 Å². The van der Waals surface area contributed by atoms with Gasteiger partial charge in [-0.15, -0.1) is 0 Å². The lowest BCUT2D eigenvalue weighted by atomic mass is 9.76. The molecule has 1 atom stereocenters. The minimum Gasteiger partial charge on any atom is -0.386 e. The molecule has 4 N–H and O–H groups in total. The van der Waals surface area contributed by atoms with Gasteiger partial charge in [-0.3, -0.25) is 4.79 Å². The third kappa shape index (κ3) is 3.64. The van der Waals surface area contributed by atoms with E-state index in [2.05, 4.69) is 26.9 Å². The number of carbonyl (C=O) groups is 1. The predicted octanol–water partition coefficient (Wildman–Crippen LogP) is 2.36. The molecule has 1 aromatic carbocycles. The summed E-state index contributed by atoms with van der Waals surface area (Å²) in [5.74, 6) is 0.472. The van der Waals surface area contributed by atoms with Crippen LogP contribution < -0.4 is 11.5 Å². The highest BCUT2D eigenvalue weighted by Gasteiger charge is 2.46. The highest BCUT2D eigenvalue weighted by atomic mass is 16.5. The van der Waals surface area contributed by atoms with E-state index in [0.717, 1.165) is 29.5 Å². The average Bonchev–Trinajstić information content (AvgIpc) is 3.51. The fourth-order valence-electron chi connectivity index (χ4n) is 4.07. The SMILES string of the molecule is CC(C(N)=NC(=O)c1cn(C2COC2)cn1)(c1ccc(-c2cnc(N)nc2)cc1)C1CC1. The van der Waals surface area contributed by atoms with Crippen LogP contribution in [0.15, 0.2) is 54.2 Å². The number of benzene rings is 1. The number of amidine groups is 1. The first-order valence-corrected chi connectivity index (χ1v) is 10.6. The van der Waals surface area contributed by atoms with Crippen LogP contribution in [-0.2, 0) is 10.2 Å². The van der Waals surface area contributed by atoms with Crippen molar-refractivity contribution in [1.82, 2.24) is 19.5 Å². The molecule has 3 aromatic rings. The quantitative estimate of drug-likeness (QED) is 0.452. The zero-order chi connectivity index (χ0) is 22.3. The van der Waals surface area contributed by atoms with E-state index >= 15 is 0 Å². The number of aromatic nitrogens is 4. The molecule has 0 spiro atoms. The normalized spacial score (nSPS) is 18.7. The van der Waals surface area contributed by atoms with Crippen molar-refractivity contribution in [2.24, 2.45) is 16.6 Å². The first kappa shape index (κ1) is 20.3. The molecule has 5 rings (SSSR count). The Morgan fingerprint density at radius 2 is 1.81 bits per heavy atom. The predicted molar refractivity (Wildman–Crippen MR) is 120 cm³/mol. The fourth-order valence-corrected chi connectivity index (χ4v) is 4.07. The van der Waals surface area contributed by atoms with E-state index in [4.69, 9.17) is 16.2 Å². The highest BCUT2D eigenvalue weighted by molar-refractivity contribution is 6.05. The van der Waals surface area contributed by atoms with Gasteiger partial charge < -0.3 is 20.8 Å². The second-order valence-electron chi connectivity index (χ2n) is 8.58. The third-order valence-corrected chi connectivity index (χ3v) is 6.50. The summed E-state index contributed by atoms with van der Waals surface area (Å²) in [5, 5.41) is 0. The Bertz CT molecular complexity index is 1160. The van der Waals surface area contributed by atoms with Crippen molar-refractivity contribution in [1.29, 1.82) is 0 Å². The Kier molecular flexibility index (Phi) is 4.97. The van der Waals surface area contributed by atoms with Gasteiger partial charge in [0.2, 0.25) is 5.95 Å². The van der Waals surface area contributed by atoms with Crippen molar-refractivity contribution in [3.05, 3.63) is 60.4 Å². The number of hydrogen-bond donors (Lipinski definition) is 2. The number of carbonyl (C=O) groups excluding carboxylic acids is 1. The monoisotopic (exact) mass is 431 g/mol. The summed E-state index contributed by atoms with van der Waals surface area (Å²) in [6.07, 6.45) is 8.84. The molecule has 164 valence electrons. The Hall–Kier alpha value is -3.59. The minimum atomic E-state index is -0.532. The molecule has 9 heteroatoms. The van der Waals surface area contributed by atoms with E-state index in [0.29, 0.717) is 25.0 Å². The van der Waals surface area contributed by atoms with E-state index in [1.807, 2.05) is 28.8 Å². The van der Waals surface area contributed by atoms with E-state index in [9.17, 15) is 4.79 Å². The summed E-state index contributed by atoms with van der Waals surface area (Å²) in [6, 6.07) is 8.29. The van der Waals surface area contributed by atoms with Gasteiger partial charge in [-0.05, 0) is 36.8 Å². The van der Waals surface area contributed by atoms with Crippen molar-refractivity contribution in [2.75, 3.05) is 18.9 Å². The van der Waals surface area contributed by atoms with Crippen molar-refractivity contribution in [3.63, 3.8) is 0 Å². The molecule has 3 heterocycles. The van der Waals surface area contributed by atoms with Crippen LogP contribution >= 0.6 is 0 Å². The second-order valence-corrected chi connectivity index (χ2v) is 8.58. The van der Waals surface area contributed by atoms with Gasteiger partial charge in [0.25, 0.3) is 5.91 Å². The largest absolute Gasteiger partial charge is 0.386 e. The maximum absolute atomic E-state index is 12.8. The zero-order valence-corrected chi connectivity index (χ0v) is 17.8. The van der Waals surface area contributed by atoms with E-state index in [-0.39, 0.29) is 17.7 Å². The average molecular weight is 432 g/mol. The van der Waals surface area contributed by atoms with Crippen molar-refractivity contribution in [2.45, 2.75) is 31.2 Å². The Labute approximate surface area is 185 Å². The number of hydrogen-bond acceptors (Lipinski definition) is 6. The van der Waals surface area contributed by atoms with Crippen LogP contribution in [0.5, 0.6) is 0 Å². The van der Waals surface area contributed by atoms with Gasteiger partial charge in [0.05, 0.1) is 31.0 Å². The van der Waals surface area contributed by atoms with E-state index < -0.39 is 11.3 Å². The summed E-state index contributed by atoms with van der Waals surface area (Å²) in [6.45, 7) is 3.32. The van der Waals surface area contributed by atoms with Gasteiger partial charge in [0.1, 0.15) is 11.5 Å². The van der Waals surface area contributed by atoms with Crippen molar-refractivity contribution < 1.29 is 9.53 Å². The molecule has 2 aromatic heterocycles. The second kappa shape index (κ2) is 7.83.